The van der Waals surface area contributed by atoms with Gasteiger partial charge in [-0.3, -0.25) is 0 Å². The average Bonchev–Trinajstić information content (AvgIpc) is 3.77. The summed E-state index contributed by atoms with van der Waals surface area (Å²) in [6.45, 7) is 36.4. The summed E-state index contributed by atoms with van der Waals surface area (Å²) in [4.78, 5) is 7.99. The lowest BCUT2D eigenvalue weighted by Crippen LogP contribution is -2.61. The number of anilines is 9. The smallest absolute Gasteiger partial charge is 0.264 e. The van der Waals surface area contributed by atoms with E-state index in [0.29, 0.717) is 0 Å². The molecular formula is C69H76BN3S. The average molecular weight is 990 g/mol. The van der Waals surface area contributed by atoms with Crippen LogP contribution in [0.5, 0.6) is 0 Å². The molecule has 12 rings (SSSR count). The number of rotatable bonds is 5. The monoisotopic (exact) mass is 990 g/mol. The van der Waals surface area contributed by atoms with Crippen molar-refractivity contribution < 1.29 is 0 Å². The Bertz CT molecular complexity index is 3520. The lowest BCUT2D eigenvalue weighted by atomic mass is 9.35. The molecule has 0 radical (unpaired) electrons. The van der Waals surface area contributed by atoms with Crippen molar-refractivity contribution in [2.75, 3.05) is 14.7 Å². The van der Waals surface area contributed by atoms with Gasteiger partial charge >= 0.3 is 0 Å². The molecule has 0 saturated heterocycles. The van der Waals surface area contributed by atoms with Gasteiger partial charge in [-0.2, -0.15) is 0 Å². The predicted molar refractivity (Wildman–Crippen MR) is 323 cm³/mol. The third kappa shape index (κ3) is 7.55. The van der Waals surface area contributed by atoms with Gasteiger partial charge in [0.15, 0.2) is 0 Å². The first kappa shape index (κ1) is 48.9. The molecule has 1 aromatic heterocycles. The molecule has 3 heterocycles. The molecule has 0 spiro atoms. The van der Waals surface area contributed by atoms with Crippen molar-refractivity contribution in [2.24, 2.45) is 0 Å². The van der Waals surface area contributed by atoms with E-state index in [0.717, 1.165) is 36.3 Å². The van der Waals surface area contributed by atoms with Crippen molar-refractivity contribution in [2.45, 2.75) is 162 Å². The van der Waals surface area contributed by atoms with E-state index >= 15 is 0 Å². The SMILES string of the molecule is Cc1cc(C(C)(C)C)ccc1N1c2cc(N(c3ccccc3)c3ccccc3)cc3c2B(c2ccc4c(c2N3c2ccc3c(c2)C(C)(C)CCC3(C)C)C(C)(C)CCC4(C)C)c2sc3ccc(C(C)(C)C)cc3c21. The summed E-state index contributed by atoms with van der Waals surface area (Å²) in [5.41, 5.74) is 23.9. The van der Waals surface area contributed by atoms with Crippen LogP contribution < -0.4 is 30.4 Å². The highest BCUT2D eigenvalue weighted by Crippen LogP contribution is 2.57. The zero-order valence-electron chi connectivity index (χ0n) is 46.9. The van der Waals surface area contributed by atoms with E-state index in [4.69, 9.17) is 0 Å². The first-order valence-electron chi connectivity index (χ1n) is 27.6. The number of benzene rings is 7. The Labute approximate surface area is 447 Å². The minimum absolute atomic E-state index is 0.00256. The number of fused-ring (bicyclic) bond motifs is 9. The molecular weight excluding hydrogens is 914 g/mol. The normalized spacial score (nSPS) is 17.8. The summed E-state index contributed by atoms with van der Waals surface area (Å²) < 4.78 is 2.77. The van der Waals surface area contributed by atoms with Crippen molar-refractivity contribution in [3.63, 3.8) is 0 Å². The molecule has 7 aromatic carbocycles. The summed E-state index contributed by atoms with van der Waals surface area (Å²) in [5.74, 6) is 0. The van der Waals surface area contributed by atoms with Crippen LogP contribution in [0.1, 0.15) is 162 Å². The molecule has 0 saturated carbocycles. The lowest BCUT2D eigenvalue weighted by Gasteiger charge is -2.50. The second kappa shape index (κ2) is 16.5. The van der Waals surface area contributed by atoms with Crippen molar-refractivity contribution >= 4 is 95.0 Å². The van der Waals surface area contributed by atoms with E-state index in [1.807, 2.05) is 11.3 Å². The number of aryl methyl sites for hydroxylation is 1. The van der Waals surface area contributed by atoms with Crippen LogP contribution in [-0.2, 0) is 32.5 Å². The fourth-order valence-corrected chi connectivity index (χ4v) is 14.8. The van der Waals surface area contributed by atoms with Crippen molar-refractivity contribution in [1.82, 2.24) is 0 Å². The van der Waals surface area contributed by atoms with Gasteiger partial charge in [0.1, 0.15) is 0 Å². The maximum Gasteiger partial charge on any atom is 0.264 e. The Morgan fingerprint density at radius 1 is 0.486 bits per heavy atom. The van der Waals surface area contributed by atoms with E-state index in [-0.39, 0.29) is 39.2 Å². The molecule has 3 nitrogen and oxygen atoms in total. The van der Waals surface area contributed by atoms with Gasteiger partial charge in [0.25, 0.3) is 6.71 Å². The molecule has 0 bridgehead atoms. The Kier molecular flexibility index (Phi) is 10.9. The highest BCUT2D eigenvalue weighted by atomic mass is 32.1. The van der Waals surface area contributed by atoms with E-state index in [2.05, 4.69) is 258 Å². The third-order valence-corrected chi connectivity index (χ3v) is 19.4. The van der Waals surface area contributed by atoms with Crippen LogP contribution in [0, 0.1) is 6.92 Å². The van der Waals surface area contributed by atoms with Gasteiger partial charge in [0.2, 0.25) is 0 Å². The van der Waals surface area contributed by atoms with Crippen molar-refractivity contribution in [3.8, 4) is 0 Å². The molecule has 2 aliphatic heterocycles. The summed E-state index contributed by atoms with van der Waals surface area (Å²) in [5, 5.41) is 1.33. The molecule has 8 aromatic rings. The van der Waals surface area contributed by atoms with Gasteiger partial charge in [-0.25, -0.2) is 0 Å². The molecule has 0 unspecified atom stereocenters. The number of nitrogens with zero attached hydrogens (tertiary/aromatic N) is 3. The predicted octanol–water partition coefficient (Wildman–Crippen LogP) is 18.1. The van der Waals surface area contributed by atoms with Gasteiger partial charge in [0, 0.05) is 54.7 Å². The fraction of sp³-hybridized carbons (Fsp3) is 0.362. The maximum absolute atomic E-state index is 2.78. The summed E-state index contributed by atoms with van der Waals surface area (Å²) >= 11 is 2.02. The van der Waals surface area contributed by atoms with Crippen LogP contribution in [0.3, 0.4) is 0 Å². The van der Waals surface area contributed by atoms with Gasteiger partial charge < -0.3 is 14.7 Å². The van der Waals surface area contributed by atoms with Crippen molar-refractivity contribution in [3.05, 3.63) is 178 Å². The molecule has 0 N–H and O–H groups in total. The number of para-hydroxylation sites is 2. The van der Waals surface area contributed by atoms with Gasteiger partial charge in [-0.1, -0.05) is 170 Å². The topological polar surface area (TPSA) is 9.72 Å². The molecule has 5 heteroatoms. The van der Waals surface area contributed by atoms with Crippen LogP contribution in [0.25, 0.3) is 10.1 Å². The van der Waals surface area contributed by atoms with Gasteiger partial charge in [0.05, 0.1) is 11.4 Å². The molecule has 376 valence electrons. The van der Waals surface area contributed by atoms with Gasteiger partial charge in [-0.05, 0) is 182 Å². The van der Waals surface area contributed by atoms with Crippen LogP contribution in [-0.4, -0.2) is 6.71 Å². The molecule has 0 amide bonds. The number of hydrogen-bond donors (Lipinski definition) is 0. The number of thiophene rings is 1. The Morgan fingerprint density at radius 2 is 1.03 bits per heavy atom. The Balaban J connectivity index is 1.28. The van der Waals surface area contributed by atoms with Crippen LogP contribution in [0.2, 0.25) is 0 Å². The molecule has 74 heavy (non-hydrogen) atoms. The van der Waals surface area contributed by atoms with Crippen LogP contribution in [0.15, 0.2) is 140 Å². The van der Waals surface area contributed by atoms with E-state index < -0.39 is 0 Å². The van der Waals surface area contributed by atoms with E-state index in [1.54, 1.807) is 0 Å². The minimum Gasteiger partial charge on any atom is -0.311 e. The summed E-state index contributed by atoms with van der Waals surface area (Å²) in [6, 6.07) is 54.6. The van der Waals surface area contributed by atoms with Crippen molar-refractivity contribution in [1.29, 1.82) is 0 Å². The van der Waals surface area contributed by atoms with E-state index in [9.17, 15) is 0 Å². The van der Waals surface area contributed by atoms with Crippen LogP contribution >= 0.6 is 11.3 Å². The maximum atomic E-state index is 2.78. The molecule has 4 aliphatic rings. The molecule has 0 atom stereocenters. The zero-order valence-corrected chi connectivity index (χ0v) is 47.8. The van der Waals surface area contributed by atoms with Gasteiger partial charge in [-0.15, -0.1) is 11.3 Å². The highest BCUT2D eigenvalue weighted by Gasteiger charge is 2.50. The fourth-order valence-electron chi connectivity index (χ4n) is 13.5. The summed E-state index contributed by atoms with van der Waals surface area (Å²) in [7, 11) is 0. The lowest BCUT2D eigenvalue weighted by molar-refractivity contribution is 0.331. The number of hydrogen-bond acceptors (Lipinski definition) is 4. The molecule has 2 aliphatic carbocycles. The van der Waals surface area contributed by atoms with E-state index in [1.165, 1.54) is 105 Å². The Hall–Kier alpha value is -6.04. The zero-order chi connectivity index (χ0) is 52.2. The Morgan fingerprint density at radius 3 is 1.64 bits per heavy atom. The second-order valence-electron chi connectivity index (χ2n) is 27.2. The van der Waals surface area contributed by atoms with Crippen LogP contribution in [0.4, 0.5) is 51.2 Å². The third-order valence-electron chi connectivity index (χ3n) is 18.1. The largest absolute Gasteiger partial charge is 0.311 e. The minimum atomic E-state index is -0.0702. The second-order valence-corrected chi connectivity index (χ2v) is 28.3. The summed E-state index contributed by atoms with van der Waals surface area (Å²) in [6.07, 6.45) is 4.63. The first-order chi connectivity index (χ1) is 34.9. The quantitative estimate of drug-likeness (QED) is 0.159. The standard InChI is InChI=1S/C69H76BN3S/c1-43-38-44(64(2,3)4)26-32-55(43)73-57-42-49(71(46-22-18-16-19-23-46)47-24-20-17-21-25-47)41-56-60(57)70(63-61(73)50-39-45(65(5,6)7)27-33-58(50)74-63)54-31-30-52-59(69(14,15)37-36-67(52,10)11)62(54)72(56)48-28-29-51-53(40-48)68(12,13)35-34-66(51,8)9/h16-33,38-42H,34-37H2,1-15H3. The first-order valence-corrected chi connectivity index (χ1v) is 28.4. The highest BCUT2D eigenvalue weighted by molar-refractivity contribution is 7.33. The molecule has 0 fully saturated rings.